The van der Waals surface area contributed by atoms with Crippen molar-refractivity contribution in [1.82, 2.24) is 30.2 Å². The lowest BCUT2D eigenvalue weighted by atomic mass is 9.94. The van der Waals surface area contributed by atoms with Gasteiger partial charge in [-0.15, -0.1) is 0 Å². The first-order valence-electron chi connectivity index (χ1n) is 10.7. The van der Waals surface area contributed by atoms with Crippen LogP contribution in [0.15, 0.2) is 11.2 Å². The molecule has 0 saturated carbocycles. The lowest BCUT2D eigenvalue weighted by Gasteiger charge is -2.47. The number of hydrogen-bond donors (Lipinski definition) is 2. The summed E-state index contributed by atoms with van der Waals surface area (Å²) in [6.45, 7) is 14.3. The van der Waals surface area contributed by atoms with E-state index in [1.165, 1.54) is 44.0 Å². The maximum Gasteiger partial charge on any atom is 0.191 e. The first-order chi connectivity index (χ1) is 13.1. The largest absolute Gasteiger partial charge is 0.357 e. The van der Waals surface area contributed by atoms with Crippen LogP contribution in [0.1, 0.15) is 44.5 Å². The van der Waals surface area contributed by atoms with E-state index in [-0.39, 0.29) is 0 Å². The molecule has 0 radical (unpaired) electrons. The monoisotopic (exact) mass is 373 g/mol. The lowest BCUT2D eigenvalue weighted by Crippen LogP contribution is -2.62. The Kier molecular flexibility index (Phi) is 5.68. The molecule has 2 atom stereocenters. The zero-order valence-electron chi connectivity index (χ0n) is 17.1. The summed E-state index contributed by atoms with van der Waals surface area (Å²) >= 11 is 0. The minimum absolute atomic E-state index is 0.415. The molecule has 7 heteroatoms. The van der Waals surface area contributed by atoms with Crippen molar-refractivity contribution in [2.24, 2.45) is 4.99 Å². The zero-order chi connectivity index (χ0) is 18.8. The van der Waals surface area contributed by atoms with Crippen LogP contribution in [0.25, 0.3) is 0 Å². The Labute approximate surface area is 163 Å². The van der Waals surface area contributed by atoms with Crippen molar-refractivity contribution in [3.8, 4) is 0 Å². The first-order valence-corrected chi connectivity index (χ1v) is 10.7. The van der Waals surface area contributed by atoms with E-state index in [2.05, 4.69) is 52.1 Å². The van der Waals surface area contributed by atoms with Crippen LogP contribution in [-0.4, -0.2) is 83.4 Å². The third-order valence-corrected chi connectivity index (χ3v) is 6.16. The van der Waals surface area contributed by atoms with Crippen molar-refractivity contribution in [3.05, 3.63) is 17.5 Å². The number of aliphatic imine (C=N–C) groups is 1. The van der Waals surface area contributed by atoms with Gasteiger partial charge in [-0.1, -0.05) is 0 Å². The van der Waals surface area contributed by atoms with Gasteiger partial charge in [0.2, 0.25) is 0 Å². The van der Waals surface area contributed by atoms with E-state index in [4.69, 9.17) is 10.1 Å². The van der Waals surface area contributed by atoms with E-state index in [0.29, 0.717) is 18.1 Å². The van der Waals surface area contributed by atoms with E-state index in [1.54, 1.807) is 0 Å². The molecule has 1 aromatic heterocycles. The van der Waals surface area contributed by atoms with Crippen LogP contribution in [0.2, 0.25) is 0 Å². The van der Waals surface area contributed by atoms with Gasteiger partial charge in [0.15, 0.2) is 5.96 Å². The quantitative estimate of drug-likeness (QED) is 0.593. The van der Waals surface area contributed by atoms with Crippen LogP contribution in [0.3, 0.4) is 0 Å². The molecule has 0 aromatic carbocycles. The van der Waals surface area contributed by atoms with Gasteiger partial charge < -0.3 is 10.6 Å². The van der Waals surface area contributed by atoms with E-state index >= 15 is 0 Å². The van der Waals surface area contributed by atoms with E-state index < -0.39 is 0 Å². The topological polar surface area (TPSA) is 60.7 Å². The van der Waals surface area contributed by atoms with Crippen LogP contribution < -0.4 is 10.6 Å². The van der Waals surface area contributed by atoms with Crippen LogP contribution in [-0.2, 0) is 12.8 Å². The molecular weight excluding hydrogens is 338 g/mol. The minimum Gasteiger partial charge on any atom is -0.357 e. The summed E-state index contributed by atoms with van der Waals surface area (Å²) in [6, 6.07) is 1.41. The maximum atomic E-state index is 4.94. The molecular formula is C20H35N7. The molecule has 1 aliphatic carbocycles. The van der Waals surface area contributed by atoms with Gasteiger partial charge in [0.25, 0.3) is 0 Å². The number of guanidine groups is 1. The van der Waals surface area contributed by atoms with Crippen molar-refractivity contribution >= 4 is 5.96 Å². The summed E-state index contributed by atoms with van der Waals surface area (Å²) in [4.78, 5) is 10.1. The fourth-order valence-electron chi connectivity index (χ4n) is 4.51. The van der Waals surface area contributed by atoms with Gasteiger partial charge in [-0.3, -0.25) is 19.5 Å². The molecule has 2 N–H and O–H groups in total. The molecule has 3 saturated heterocycles. The van der Waals surface area contributed by atoms with Crippen LogP contribution in [0.5, 0.6) is 0 Å². The number of aryl methyl sites for hydroxylation is 1. The summed E-state index contributed by atoms with van der Waals surface area (Å²) in [7, 11) is 0. The second kappa shape index (κ2) is 8.19. The number of nitrogens with zero attached hydrogens (tertiary/aromatic N) is 5. The molecule has 4 aliphatic rings. The summed E-state index contributed by atoms with van der Waals surface area (Å²) in [5, 5.41) is 11.9. The van der Waals surface area contributed by atoms with Gasteiger partial charge in [-0.2, -0.15) is 5.10 Å². The van der Waals surface area contributed by atoms with Gasteiger partial charge in [-0.25, -0.2) is 0 Å². The van der Waals surface area contributed by atoms with Crippen LogP contribution in [0, 0.1) is 0 Å². The molecule has 3 aliphatic heterocycles. The Morgan fingerprint density at radius 1 is 1.30 bits per heavy atom. The molecule has 2 bridgehead atoms. The minimum atomic E-state index is 0.415. The second-order valence-electron chi connectivity index (χ2n) is 8.47. The highest BCUT2D eigenvalue weighted by Crippen LogP contribution is 2.22. The Hall–Kier alpha value is -1.60. The first kappa shape index (κ1) is 18.7. The number of nitrogens with one attached hydrogen (secondary N) is 2. The van der Waals surface area contributed by atoms with Crippen molar-refractivity contribution in [2.75, 3.05) is 45.8 Å². The molecule has 2 unspecified atom stereocenters. The Bertz CT molecular complexity index is 657. The zero-order valence-corrected chi connectivity index (χ0v) is 17.1. The number of aromatic nitrogens is 2. The SMILES string of the molecule is CCNC(=NCC1CN2CCN1CC2)NC1CCc2cn(C(C)C)nc2C1. The van der Waals surface area contributed by atoms with Gasteiger partial charge in [0.1, 0.15) is 0 Å². The highest BCUT2D eigenvalue weighted by molar-refractivity contribution is 5.80. The van der Waals surface area contributed by atoms with E-state index in [9.17, 15) is 0 Å². The fourth-order valence-corrected chi connectivity index (χ4v) is 4.51. The summed E-state index contributed by atoms with van der Waals surface area (Å²) in [6.07, 6.45) is 5.47. The molecule has 27 heavy (non-hydrogen) atoms. The molecule has 3 fully saturated rings. The predicted octanol–water partition coefficient (Wildman–Crippen LogP) is 0.876. The third kappa shape index (κ3) is 4.29. The molecule has 0 spiro atoms. The molecule has 7 nitrogen and oxygen atoms in total. The normalized spacial score (nSPS) is 30.4. The van der Waals surface area contributed by atoms with Crippen molar-refractivity contribution in [2.45, 2.75) is 58.2 Å². The standard InChI is InChI=1S/C20H35N7/c1-4-21-20(22-12-18-14-25-7-9-26(18)10-8-25)23-17-6-5-16-13-27(15(2)3)24-19(16)11-17/h13,15,17-18H,4-12,14H2,1-3H3,(H2,21,22,23). The average molecular weight is 374 g/mol. The second-order valence-corrected chi connectivity index (χ2v) is 8.47. The van der Waals surface area contributed by atoms with Crippen molar-refractivity contribution in [3.63, 3.8) is 0 Å². The highest BCUT2D eigenvalue weighted by Gasteiger charge is 2.31. The van der Waals surface area contributed by atoms with Crippen molar-refractivity contribution in [1.29, 1.82) is 0 Å². The number of piperazine rings is 3. The van der Waals surface area contributed by atoms with E-state index in [1.807, 2.05) is 0 Å². The van der Waals surface area contributed by atoms with Crippen LogP contribution >= 0.6 is 0 Å². The maximum absolute atomic E-state index is 4.94. The summed E-state index contributed by atoms with van der Waals surface area (Å²) < 4.78 is 2.11. The average Bonchev–Trinajstić information content (AvgIpc) is 3.11. The highest BCUT2D eigenvalue weighted by atomic mass is 15.4. The molecule has 4 heterocycles. The molecule has 5 rings (SSSR count). The number of fused-ring (bicyclic) bond motifs is 4. The third-order valence-electron chi connectivity index (χ3n) is 6.16. The van der Waals surface area contributed by atoms with Gasteiger partial charge in [-0.05, 0) is 39.2 Å². The smallest absolute Gasteiger partial charge is 0.191 e. The summed E-state index contributed by atoms with van der Waals surface area (Å²) in [5.41, 5.74) is 2.68. The Morgan fingerprint density at radius 2 is 2.11 bits per heavy atom. The number of hydrogen-bond acceptors (Lipinski definition) is 4. The van der Waals surface area contributed by atoms with Gasteiger partial charge in [0, 0.05) is 70.0 Å². The number of rotatable bonds is 5. The van der Waals surface area contributed by atoms with Gasteiger partial charge >= 0.3 is 0 Å². The van der Waals surface area contributed by atoms with Gasteiger partial charge in [0.05, 0.1) is 12.2 Å². The molecule has 150 valence electrons. The Balaban J connectivity index is 1.36. The predicted molar refractivity (Wildman–Crippen MR) is 109 cm³/mol. The van der Waals surface area contributed by atoms with Crippen LogP contribution in [0.4, 0.5) is 0 Å². The fraction of sp³-hybridized carbons (Fsp3) is 0.800. The Morgan fingerprint density at radius 3 is 2.78 bits per heavy atom. The molecule has 1 aromatic rings. The van der Waals surface area contributed by atoms with Crippen molar-refractivity contribution < 1.29 is 0 Å². The van der Waals surface area contributed by atoms with E-state index in [0.717, 1.165) is 38.3 Å². The molecule has 0 amide bonds. The lowest BCUT2D eigenvalue weighted by molar-refractivity contribution is 0.0174. The summed E-state index contributed by atoms with van der Waals surface area (Å²) in [5.74, 6) is 0.965.